The van der Waals surface area contributed by atoms with E-state index in [-0.39, 0.29) is 24.2 Å². The van der Waals surface area contributed by atoms with Gasteiger partial charge in [-0.1, -0.05) is 56.1 Å². The lowest BCUT2D eigenvalue weighted by Crippen LogP contribution is -2.22. The first-order chi connectivity index (χ1) is 17.5. The van der Waals surface area contributed by atoms with Gasteiger partial charge in [0.05, 0.1) is 17.1 Å². The molecule has 0 atom stereocenters. The summed E-state index contributed by atoms with van der Waals surface area (Å²) in [6, 6.07) is 19.4. The summed E-state index contributed by atoms with van der Waals surface area (Å²) in [5.74, 6) is -0.272. The van der Waals surface area contributed by atoms with Crippen molar-refractivity contribution in [2.45, 2.75) is 39.0 Å². The van der Waals surface area contributed by atoms with Crippen LogP contribution in [0.3, 0.4) is 0 Å². The second-order valence-electron chi connectivity index (χ2n) is 9.28. The van der Waals surface area contributed by atoms with Crippen molar-refractivity contribution in [1.29, 1.82) is 0 Å². The Kier molecular flexibility index (Phi) is 9.55. The highest BCUT2D eigenvalue weighted by Crippen LogP contribution is 2.28. The third-order valence-electron chi connectivity index (χ3n) is 5.22. The molecule has 194 valence electrons. The largest absolute Gasteiger partial charge is 0.457 e. The molecule has 9 heteroatoms. The van der Waals surface area contributed by atoms with Gasteiger partial charge in [-0.3, -0.25) is 14.4 Å². The average molecular weight is 543 g/mol. The van der Waals surface area contributed by atoms with Crippen LogP contribution in [0.1, 0.15) is 39.2 Å². The molecule has 0 aromatic heterocycles. The van der Waals surface area contributed by atoms with Gasteiger partial charge in [0.1, 0.15) is 11.5 Å². The van der Waals surface area contributed by atoms with Crippen molar-refractivity contribution < 1.29 is 23.9 Å². The summed E-state index contributed by atoms with van der Waals surface area (Å²) in [5, 5.41) is 5.92. The highest BCUT2D eigenvalue weighted by Gasteiger charge is 2.14. The molecule has 0 radical (unpaired) electrons. The van der Waals surface area contributed by atoms with Crippen molar-refractivity contribution in [3.63, 3.8) is 0 Å². The zero-order chi connectivity index (χ0) is 27.0. The van der Waals surface area contributed by atoms with Crippen LogP contribution in [0.5, 0.6) is 11.5 Å². The van der Waals surface area contributed by atoms with E-state index in [1.54, 1.807) is 30.3 Å². The Hall–Kier alpha value is -3.55. The second-order valence-corrected chi connectivity index (χ2v) is 10.1. The fourth-order valence-electron chi connectivity index (χ4n) is 3.20. The normalized spacial score (nSPS) is 10.9. The number of benzene rings is 3. The maximum Gasteiger partial charge on any atom is 0.306 e. The van der Waals surface area contributed by atoms with Gasteiger partial charge in [-0.25, -0.2) is 0 Å². The van der Waals surface area contributed by atoms with Gasteiger partial charge in [0.15, 0.2) is 6.61 Å². The minimum absolute atomic E-state index is 0.0656. The molecule has 0 saturated carbocycles. The van der Waals surface area contributed by atoms with Gasteiger partial charge in [-0.2, -0.15) is 0 Å². The van der Waals surface area contributed by atoms with Gasteiger partial charge in [0.25, 0.3) is 5.91 Å². The maximum absolute atomic E-state index is 12.2. The van der Waals surface area contributed by atoms with Crippen LogP contribution in [0, 0.1) is 0 Å². The van der Waals surface area contributed by atoms with Gasteiger partial charge in [0, 0.05) is 17.1 Å². The topological polar surface area (TPSA) is 93.7 Å². The molecule has 2 amide bonds. The number of rotatable bonds is 9. The monoisotopic (exact) mass is 542 g/mol. The quantitative estimate of drug-likeness (QED) is 0.284. The molecule has 0 fully saturated rings. The Balaban J connectivity index is 1.39. The lowest BCUT2D eigenvalue weighted by molar-refractivity contribution is -0.147. The number of ether oxygens (including phenoxy) is 2. The smallest absolute Gasteiger partial charge is 0.306 e. The first-order valence-electron chi connectivity index (χ1n) is 11.6. The van der Waals surface area contributed by atoms with Gasteiger partial charge in [-0.15, -0.1) is 0 Å². The predicted octanol–water partition coefficient (Wildman–Crippen LogP) is 6.98. The number of esters is 1. The van der Waals surface area contributed by atoms with Crippen LogP contribution in [-0.2, 0) is 24.5 Å². The molecule has 0 saturated heterocycles. The summed E-state index contributed by atoms with van der Waals surface area (Å²) < 4.78 is 10.8. The Morgan fingerprint density at radius 2 is 1.41 bits per heavy atom. The van der Waals surface area contributed by atoms with Crippen LogP contribution in [0.15, 0.2) is 66.7 Å². The molecule has 2 N–H and O–H groups in total. The van der Waals surface area contributed by atoms with Crippen LogP contribution in [0.25, 0.3) is 0 Å². The molecule has 0 aliphatic rings. The third kappa shape index (κ3) is 9.12. The Labute approximate surface area is 226 Å². The van der Waals surface area contributed by atoms with Crippen LogP contribution < -0.4 is 15.4 Å². The number of halogens is 2. The van der Waals surface area contributed by atoms with Gasteiger partial charge in [-0.05, 0) is 65.6 Å². The van der Waals surface area contributed by atoms with Crippen molar-refractivity contribution in [3.05, 3.63) is 82.3 Å². The van der Waals surface area contributed by atoms with E-state index in [9.17, 15) is 14.4 Å². The number of amides is 2. The molecule has 0 spiro atoms. The van der Waals surface area contributed by atoms with Crippen LogP contribution >= 0.6 is 23.2 Å². The number of anilines is 2. The Morgan fingerprint density at radius 3 is 2.03 bits per heavy atom. The van der Waals surface area contributed by atoms with E-state index in [1.807, 2.05) is 24.3 Å². The van der Waals surface area contributed by atoms with Crippen molar-refractivity contribution >= 4 is 52.4 Å². The molecule has 0 aliphatic heterocycles. The van der Waals surface area contributed by atoms with E-state index < -0.39 is 18.5 Å². The summed E-state index contributed by atoms with van der Waals surface area (Å²) in [6.07, 6.45) is -0.276. The van der Waals surface area contributed by atoms with Crippen LogP contribution in [0.4, 0.5) is 11.4 Å². The zero-order valence-corrected chi connectivity index (χ0v) is 22.3. The molecule has 0 unspecified atom stereocenters. The molecule has 0 aliphatic carbocycles. The molecule has 3 aromatic rings. The zero-order valence-electron chi connectivity index (χ0n) is 20.8. The lowest BCUT2D eigenvalue weighted by Gasteiger charge is -2.19. The van der Waals surface area contributed by atoms with Crippen LogP contribution in [0.2, 0.25) is 10.0 Å². The standard InChI is InChI=1S/C28H28Cl2N2O5/c1-28(2,3)18-4-9-21(10-5-18)37-22-11-7-20(8-12-22)31-25(33)14-15-27(35)36-17-26(34)32-24-16-19(29)6-13-23(24)30/h4-13,16H,14-15,17H2,1-3H3,(H,31,33)(H,32,34). The first-order valence-corrected chi connectivity index (χ1v) is 12.3. The van der Waals surface area contributed by atoms with Crippen molar-refractivity contribution in [3.8, 4) is 11.5 Å². The molecule has 7 nitrogen and oxygen atoms in total. The van der Waals surface area contributed by atoms with Crippen LogP contribution in [-0.4, -0.2) is 24.4 Å². The predicted molar refractivity (Wildman–Crippen MR) is 146 cm³/mol. The summed E-state index contributed by atoms with van der Waals surface area (Å²) in [4.78, 5) is 36.1. The van der Waals surface area contributed by atoms with Crippen molar-refractivity contribution in [2.24, 2.45) is 0 Å². The highest BCUT2D eigenvalue weighted by atomic mass is 35.5. The molecule has 0 bridgehead atoms. The lowest BCUT2D eigenvalue weighted by atomic mass is 9.87. The van der Waals surface area contributed by atoms with E-state index >= 15 is 0 Å². The van der Waals surface area contributed by atoms with Gasteiger partial charge < -0.3 is 20.1 Å². The molecule has 3 aromatic carbocycles. The number of hydrogen-bond acceptors (Lipinski definition) is 5. The molecule has 0 heterocycles. The van der Waals surface area contributed by atoms with E-state index in [4.69, 9.17) is 32.7 Å². The second kappa shape index (κ2) is 12.6. The van der Waals surface area contributed by atoms with Gasteiger partial charge in [0.2, 0.25) is 5.91 Å². The van der Waals surface area contributed by atoms with Crippen molar-refractivity contribution in [1.82, 2.24) is 0 Å². The molecule has 3 rings (SSSR count). The highest BCUT2D eigenvalue weighted by molar-refractivity contribution is 6.35. The SMILES string of the molecule is CC(C)(C)c1ccc(Oc2ccc(NC(=O)CCC(=O)OCC(=O)Nc3cc(Cl)ccc3Cl)cc2)cc1. The summed E-state index contributed by atoms with van der Waals surface area (Å²) in [7, 11) is 0. The first kappa shape index (κ1) is 28.0. The van der Waals surface area contributed by atoms with E-state index in [1.165, 1.54) is 17.7 Å². The molecular formula is C28H28Cl2N2O5. The number of carbonyl (C=O) groups is 3. The minimum atomic E-state index is -0.677. The fraction of sp³-hybridized carbons (Fsp3) is 0.250. The van der Waals surface area contributed by atoms with E-state index in [2.05, 4.69) is 31.4 Å². The Morgan fingerprint density at radius 1 is 0.784 bits per heavy atom. The number of nitrogens with one attached hydrogen (secondary N) is 2. The minimum Gasteiger partial charge on any atom is -0.457 e. The summed E-state index contributed by atoms with van der Waals surface area (Å²) in [5.41, 5.74) is 2.15. The van der Waals surface area contributed by atoms with Crippen molar-refractivity contribution in [2.75, 3.05) is 17.2 Å². The van der Waals surface area contributed by atoms with Gasteiger partial charge >= 0.3 is 5.97 Å². The Bertz CT molecular complexity index is 1250. The number of hydrogen-bond donors (Lipinski definition) is 2. The molecule has 37 heavy (non-hydrogen) atoms. The third-order valence-corrected chi connectivity index (χ3v) is 5.78. The van der Waals surface area contributed by atoms with E-state index in [0.29, 0.717) is 32.9 Å². The fourth-order valence-corrected chi connectivity index (χ4v) is 3.54. The maximum atomic E-state index is 12.2. The summed E-state index contributed by atoms with van der Waals surface area (Å²) >= 11 is 11.9. The molecular weight excluding hydrogens is 515 g/mol. The average Bonchev–Trinajstić information content (AvgIpc) is 2.85. The van der Waals surface area contributed by atoms with E-state index in [0.717, 1.165) is 0 Å². The summed E-state index contributed by atoms with van der Waals surface area (Å²) in [6.45, 7) is 5.94. The number of carbonyl (C=O) groups excluding carboxylic acids is 3.